The molecule has 0 atom stereocenters. The summed E-state index contributed by atoms with van der Waals surface area (Å²) in [5.41, 5.74) is 6.66. The first kappa shape index (κ1) is 18.6. The van der Waals surface area contributed by atoms with Crippen molar-refractivity contribution in [1.82, 2.24) is 4.31 Å². The molecule has 0 saturated heterocycles. The molecule has 1 rings (SSSR count). The molecule has 0 spiro atoms. The number of aryl methyl sites for hydroxylation is 1. The standard InChI is InChI=1S/C15H25N3O3S/c1-11-6-7-13(8-14(11)17-12(2)19)22(20,21)18(5)10-15(3,4)9-16/h6-8H,9-10,16H2,1-5H3,(H,17,19). The number of nitrogens with one attached hydrogen (secondary N) is 1. The molecule has 3 N–H and O–H groups in total. The molecule has 0 aliphatic heterocycles. The number of nitrogens with two attached hydrogens (primary N) is 1. The van der Waals surface area contributed by atoms with Gasteiger partial charge in [0.1, 0.15) is 0 Å². The van der Waals surface area contributed by atoms with Crippen LogP contribution in [0.4, 0.5) is 5.69 Å². The summed E-state index contributed by atoms with van der Waals surface area (Å²) in [6, 6.07) is 4.71. The molecule has 0 fully saturated rings. The minimum Gasteiger partial charge on any atom is -0.330 e. The van der Waals surface area contributed by atoms with Crippen molar-refractivity contribution >= 4 is 21.6 Å². The molecule has 0 saturated carbocycles. The Bertz CT molecular complexity index is 654. The van der Waals surface area contributed by atoms with Gasteiger partial charge in [0.05, 0.1) is 4.90 Å². The van der Waals surface area contributed by atoms with Gasteiger partial charge in [0.25, 0.3) is 0 Å². The zero-order chi connectivity index (χ0) is 17.1. The summed E-state index contributed by atoms with van der Waals surface area (Å²) >= 11 is 0. The maximum Gasteiger partial charge on any atom is 0.242 e. The summed E-state index contributed by atoms with van der Waals surface area (Å²) in [5, 5.41) is 2.64. The quantitative estimate of drug-likeness (QED) is 0.829. The Morgan fingerprint density at radius 1 is 1.36 bits per heavy atom. The van der Waals surface area contributed by atoms with Crippen LogP contribution >= 0.6 is 0 Å². The molecule has 1 aromatic carbocycles. The van der Waals surface area contributed by atoms with Crippen LogP contribution < -0.4 is 11.1 Å². The third-order valence-electron chi connectivity index (χ3n) is 3.43. The molecule has 0 unspecified atom stereocenters. The zero-order valence-corrected chi connectivity index (χ0v) is 14.6. The van der Waals surface area contributed by atoms with Crippen LogP contribution in [0.15, 0.2) is 23.1 Å². The summed E-state index contributed by atoms with van der Waals surface area (Å²) in [5.74, 6) is -0.240. The maximum absolute atomic E-state index is 12.6. The van der Waals surface area contributed by atoms with Crippen molar-refractivity contribution in [2.24, 2.45) is 11.1 Å². The summed E-state index contributed by atoms with van der Waals surface area (Å²) in [4.78, 5) is 11.4. The summed E-state index contributed by atoms with van der Waals surface area (Å²) in [6.07, 6.45) is 0. The minimum atomic E-state index is -3.63. The number of hydrogen-bond donors (Lipinski definition) is 2. The lowest BCUT2D eigenvalue weighted by Gasteiger charge is -2.28. The van der Waals surface area contributed by atoms with E-state index in [0.29, 0.717) is 18.8 Å². The molecular weight excluding hydrogens is 302 g/mol. The first-order chi connectivity index (χ1) is 9.99. The third-order valence-corrected chi connectivity index (χ3v) is 5.23. The first-order valence-corrected chi connectivity index (χ1v) is 8.48. The Kier molecular flexibility index (Phi) is 5.72. The van der Waals surface area contributed by atoms with Crippen molar-refractivity contribution in [2.75, 3.05) is 25.5 Å². The van der Waals surface area contributed by atoms with Crippen molar-refractivity contribution in [3.8, 4) is 0 Å². The predicted octanol–water partition coefficient (Wildman–Crippen LogP) is 1.56. The number of sulfonamides is 1. The van der Waals surface area contributed by atoms with E-state index in [1.807, 2.05) is 20.8 Å². The van der Waals surface area contributed by atoms with Crippen molar-refractivity contribution < 1.29 is 13.2 Å². The Morgan fingerprint density at radius 3 is 2.45 bits per heavy atom. The topological polar surface area (TPSA) is 92.5 Å². The fourth-order valence-electron chi connectivity index (χ4n) is 2.02. The molecule has 6 nitrogen and oxygen atoms in total. The smallest absolute Gasteiger partial charge is 0.242 e. The number of carbonyl (C=O) groups is 1. The van der Waals surface area contributed by atoms with Gasteiger partial charge in [-0.05, 0) is 36.6 Å². The minimum absolute atomic E-state index is 0.150. The van der Waals surface area contributed by atoms with Gasteiger partial charge >= 0.3 is 0 Å². The molecule has 0 aromatic heterocycles. The number of rotatable bonds is 6. The van der Waals surface area contributed by atoms with Gasteiger partial charge in [0.15, 0.2) is 0 Å². The SMILES string of the molecule is CC(=O)Nc1cc(S(=O)(=O)N(C)CC(C)(C)CN)ccc1C. The highest BCUT2D eigenvalue weighted by Crippen LogP contribution is 2.24. The largest absolute Gasteiger partial charge is 0.330 e. The van der Waals surface area contributed by atoms with E-state index in [1.165, 1.54) is 24.3 Å². The highest BCUT2D eigenvalue weighted by Gasteiger charge is 2.27. The summed E-state index contributed by atoms with van der Waals surface area (Å²) in [6.45, 7) is 7.72. The van der Waals surface area contributed by atoms with Crippen molar-refractivity contribution in [3.63, 3.8) is 0 Å². The Labute approximate surface area is 132 Å². The average Bonchev–Trinajstić information content (AvgIpc) is 2.40. The molecule has 0 aliphatic carbocycles. The summed E-state index contributed by atoms with van der Waals surface area (Å²) < 4.78 is 26.6. The average molecular weight is 327 g/mol. The van der Waals surface area contributed by atoms with Gasteiger partial charge in [-0.15, -0.1) is 0 Å². The number of hydrogen-bond acceptors (Lipinski definition) is 4. The highest BCUT2D eigenvalue weighted by molar-refractivity contribution is 7.89. The highest BCUT2D eigenvalue weighted by atomic mass is 32.2. The normalized spacial score (nSPS) is 12.5. The lowest BCUT2D eigenvalue weighted by Crippen LogP contribution is -2.39. The predicted molar refractivity (Wildman–Crippen MR) is 88.1 cm³/mol. The number of amides is 1. The monoisotopic (exact) mass is 327 g/mol. The van der Waals surface area contributed by atoms with Crippen molar-refractivity contribution in [1.29, 1.82) is 0 Å². The maximum atomic E-state index is 12.6. The Balaban J connectivity index is 3.15. The van der Waals surface area contributed by atoms with Crippen molar-refractivity contribution in [3.05, 3.63) is 23.8 Å². The number of anilines is 1. The lowest BCUT2D eigenvalue weighted by molar-refractivity contribution is -0.114. The van der Waals surface area contributed by atoms with E-state index in [9.17, 15) is 13.2 Å². The van der Waals surface area contributed by atoms with Gasteiger partial charge < -0.3 is 11.1 Å². The van der Waals surface area contributed by atoms with Gasteiger partial charge in [-0.1, -0.05) is 19.9 Å². The molecule has 124 valence electrons. The van der Waals surface area contributed by atoms with E-state index >= 15 is 0 Å². The van der Waals surface area contributed by atoms with E-state index in [1.54, 1.807) is 12.1 Å². The molecule has 0 bridgehead atoms. The first-order valence-electron chi connectivity index (χ1n) is 7.04. The Morgan fingerprint density at radius 2 is 1.95 bits per heavy atom. The van der Waals surface area contributed by atoms with Gasteiger partial charge in [-0.2, -0.15) is 0 Å². The van der Waals surface area contributed by atoms with E-state index in [2.05, 4.69) is 5.32 Å². The van der Waals surface area contributed by atoms with Gasteiger partial charge in [-0.25, -0.2) is 12.7 Å². The number of benzene rings is 1. The zero-order valence-electron chi connectivity index (χ0n) is 13.8. The second-order valence-corrected chi connectivity index (χ2v) is 8.33. The van der Waals surface area contributed by atoms with Gasteiger partial charge in [0, 0.05) is 26.2 Å². The van der Waals surface area contributed by atoms with Crippen LogP contribution in [0.1, 0.15) is 26.3 Å². The molecule has 1 aromatic rings. The molecule has 7 heteroatoms. The second kappa shape index (κ2) is 6.76. The number of carbonyl (C=O) groups excluding carboxylic acids is 1. The van der Waals surface area contributed by atoms with E-state index in [4.69, 9.17) is 5.73 Å². The molecule has 0 radical (unpaired) electrons. The van der Waals surface area contributed by atoms with Crippen LogP contribution in [0.25, 0.3) is 0 Å². The van der Waals surface area contributed by atoms with Crippen molar-refractivity contribution in [2.45, 2.75) is 32.6 Å². The van der Waals surface area contributed by atoms with Crippen LogP contribution in [0.2, 0.25) is 0 Å². The van der Waals surface area contributed by atoms with Crippen LogP contribution in [0.3, 0.4) is 0 Å². The molecule has 1 amide bonds. The van der Waals surface area contributed by atoms with E-state index in [0.717, 1.165) is 5.56 Å². The second-order valence-electron chi connectivity index (χ2n) is 6.29. The van der Waals surface area contributed by atoms with Crippen LogP contribution in [0.5, 0.6) is 0 Å². The molecular formula is C15H25N3O3S. The van der Waals surface area contributed by atoms with Crippen LogP contribution in [-0.2, 0) is 14.8 Å². The third kappa shape index (κ3) is 4.53. The summed E-state index contributed by atoms with van der Waals surface area (Å²) in [7, 11) is -2.10. The molecule has 0 aliphatic rings. The van der Waals surface area contributed by atoms with Gasteiger partial charge in [-0.3, -0.25) is 4.79 Å². The van der Waals surface area contributed by atoms with E-state index < -0.39 is 10.0 Å². The number of nitrogens with zero attached hydrogens (tertiary/aromatic N) is 1. The fourth-order valence-corrected chi connectivity index (χ4v) is 3.40. The lowest BCUT2D eigenvalue weighted by atomic mass is 9.94. The van der Waals surface area contributed by atoms with Crippen LogP contribution in [0, 0.1) is 12.3 Å². The fraction of sp³-hybridized carbons (Fsp3) is 0.533. The van der Waals surface area contributed by atoms with E-state index in [-0.39, 0.29) is 16.2 Å². The molecule has 22 heavy (non-hydrogen) atoms. The van der Waals surface area contributed by atoms with Gasteiger partial charge in [0.2, 0.25) is 15.9 Å². The Hall–Kier alpha value is -1.44. The molecule has 0 heterocycles. The van der Waals surface area contributed by atoms with Crippen LogP contribution in [-0.4, -0.2) is 38.8 Å².